The highest BCUT2D eigenvalue weighted by molar-refractivity contribution is 6.31. The summed E-state index contributed by atoms with van der Waals surface area (Å²) < 4.78 is 5.13. The molecular formula is C25H23ClN2O2. The fourth-order valence-corrected chi connectivity index (χ4v) is 4.01. The number of H-pyrrole nitrogens is 1. The van der Waals surface area contributed by atoms with Crippen LogP contribution in [0.4, 0.5) is 0 Å². The Balaban J connectivity index is 1.61. The summed E-state index contributed by atoms with van der Waals surface area (Å²) in [6.07, 6.45) is 2.00. The van der Waals surface area contributed by atoms with Crippen molar-refractivity contribution in [1.82, 2.24) is 10.3 Å². The molecule has 30 heavy (non-hydrogen) atoms. The van der Waals surface area contributed by atoms with Gasteiger partial charge in [-0.3, -0.25) is 4.79 Å². The lowest BCUT2D eigenvalue weighted by atomic mass is 9.90. The number of rotatable bonds is 7. The molecule has 0 unspecified atom stereocenters. The first-order valence-corrected chi connectivity index (χ1v) is 10.2. The van der Waals surface area contributed by atoms with Gasteiger partial charge in [0.2, 0.25) is 0 Å². The molecule has 0 saturated heterocycles. The Morgan fingerprint density at radius 1 is 1.00 bits per heavy atom. The summed E-state index contributed by atoms with van der Waals surface area (Å²) in [7, 11) is 1.65. The number of carbonyl (C=O) groups excluding carboxylic acids is 1. The Bertz CT molecular complexity index is 1150. The predicted octanol–water partition coefficient (Wildman–Crippen LogP) is 5.53. The molecular weight excluding hydrogens is 396 g/mol. The molecule has 4 aromatic rings. The van der Waals surface area contributed by atoms with Gasteiger partial charge < -0.3 is 15.0 Å². The molecule has 0 radical (unpaired) electrons. The maximum absolute atomic E-state index is 12.8. The molecule has 1 aromatic heterocycles. The maximum atomic E-state index is 12.8. The summed E-state index contributed by atoms with van der Waals surface area (Å²) in [4.78, 5) is 16.1. The Labute approximate surface area is 180 Å². The second-order valence-corrected chi connectivity index (χ2v) is 7.61. The summed E-state index contributed by atoms with van der Waals surface area (Å²) >= 11 is 6.53. The third kappa shape index (κ3) is 4.25. The first-order chi connectivity index (χ1) is 14.7. The number of nitrogens with one attached hydrogen (secondary N) is 2. The van der Waals surface area contributed by atoms with Crippen molar-refractivity contribution < 1.29 is 9.53 Å². The van der Waals surface area contributed by atoms with E-state index in [9.17, 15) is 4.79 Å². The van der Waals surface area contributed by atoms with Gasteiger partial charge in [0, 0.05) is 47.3 Å². The average Bonchev–Trinajstić information content (AvgIpc) is 3.20. The fraction of sp³-hybridized carbons (Fsp3) is 0.160. The van der Waals surface area contributed by atoms with Crippen molar-refractivity contribution >= 4 is 28.4 Å². The number of amides is 1. The van der Waals surface area contributed by atoms with E-state index in [0.29, 0.717) is 23.7 Å². The van der Waals surface area contributed by atoms with Crippen LogP contribution in [0.3, 0.4) is 0 Å². The lowest BCUT2D eigenvalue weighted by Gasteiger charge is -2.19. The second-order valence-electron chi connectivity index (χ2n) is 7.20. The van der Waals surface area contributed by atoms with E-state index in [2.05, 4.69) is 16.4 Å². The highest BCUT2D eigenvalue weighted by Crippen LogP contribution is 2.34. The smallest absolute Gasteiger partial charge is 0.251 e. The van der Waals surface area contributed by atoms with Crippen LogP contribution in [0.2, 0.25) is 5.02 Å². The Morgan fingerprint density at radius 3 is 2.50 bits per heavy atom. The minimum Gasteiger partial charge on any atom is -0.380 e. The largest absolute Gasteiger partial charge is 0.380 e. The van der Waals surface area contributed by atoms with Crippen LogP contribution in [0, 0.1) is 0 Å². The predicted molar refractivity (Wildman–Crippen MR) is 121 cm³/mol. The quantitative estimate of drug-likeness (QED) is 0.414. The molecule has 1 atom stereocenters. The normalized spacial score (nSPS) is 12.1. The monoisotopic (exact) mass is 418 g/mol. The Morgan fingerprint density at radius 2 is 1.73 bits per heavy atom. The summed E-state index contributed by atoms with van der Waals surface area (Å²) in [5.41, 5.74) is 4.80. The fourth-order valence-electron chi connectivity index (χ4n) is 3.74. The third-order valence-electron chi connectivity index (χ3n) is 5.27. The van der Waals surface area contributed by atoms with E-state index >= 15 is 0 Å². The van der Waals surface area contributed by atoms with Crippen molar-refractivity contribution in [3.05, 3.63) is 106 Å². The number of aromatic nitrogens is 1. The van der Waals surface area contributed by atoms with E-state index in [-0.39, 0.29) is 11.8 Å². The van der Waals surface area contributed by atoms with E-state index in [0.717, 1.165) is 27.6 Å². The van der Waals surface area contributed by atoms with Crippen LogP contribution in [0.5, 0.6) is 0 Å². The zero-order valence-electron chi connectivity index (χ0n) is 16.7. The van der Waals surface area contributed by atoms with Crippen LogP contribution >= 0.6 is 11.6 Å². The summed E-state index contributed by atoms with van der Waals surface area (Å²) in [5.74, 6) is -0.192. The summed E-state index contributed by atoms with van der Waals surface area (Å²) in [5, 5.41) is 4.90. The molecule has 4 nitrogen and oxygen atoms in total. The van der Waals surface area contributed by atoms with E-state index < -0.39 is 0 Å². The zero-order valence-corrected chi connectivity index (χ0v) is 17.4. The van der Waals surface area contributed by atoms with Crippen LogP contribution in [-0.4, -0.2) is 24.5 Å². The van der Waals surface area contributed by atoms with Crippen LogP contribution in [0.1, 0.15) is 33.0 Å². The lowest BCUT2D eigenvalue weighted by molar-refractivity contribution is 0.0952. The maximum Gasteiger partial charge on any atom is 0.251 e. The number of methoxy groups -OCH3 is 1. The first-order valence-electron chi connectivity index (χ1n) is 9.84. The van der Waals surface area contributed by atoms with E-state index in [4.69, 9.17) is 16.3 Å². The minimum atomic E-state index is -0.115. The van der Waals surface area contributed by atoms with Crippen molar-refractivity contribution in [2.75, 3.05) is 13.7 Å². The number of ether oxygens (including phenoxy) is 1. The van der Waals surface area contributed by atoms with Gasteiger partial charge in [-0.25, -0.2) is 0 Å². The lowest BCUT2D eigenvalue weighted by Crippen LogP contribution is -2.29. The second kappa shape index (κ2) is 9.16. The number of benzene rings is 3. The summed E-state index contributed by atoms with van der Waals surface area (Å²) in [6, 6.07) is 23.4. The van der Waals surface area contributed by atoms with Crippen molar-refractivity contribution in [2.24, 2.45) is 0 Å². The Hall–Kier alpha value is -3.08. The van der Waals surface area contributed by atoms with Crippen molar-refractivity contribution in [3.63, 3.8) is 0 Å². The van der Waals surface area contributed by atoms with Gasteiger partial charge in [0.25, 0.3) is 5.91 Å². The van der Waals surface area contributed by atoms with Gasteiger partial charge in [0.05, 0.1) is 6.61 Å². The molecule has 0 bridgehead atoms. The molecule has 1 heterocycles. The number of halogens is 1. The van der Waals surface area contributed by atoms with Crippen LogP contribution < -0.4 is 5.32 Å². The number of fused-ring (bicyclic) bond motifs is 1. The van der Waals surface area contributed by atoms with Crippen molar-refractivity contribution in [2.45, 2.75) is 12.5 Å². The van der Waals surface area contributed by atoms with Crippen LogP contribution in [0.25, 0.3) is 10.9 Å². The van der Waals surface area contributed by atoms with E-state index in [1.165, 1.54) is 0 Å². The molecule has 0 aliphatic carbocycles. The molecule has 5 heteroatoms. The van der Waals surface area contributed by atoms with E-state index in [1.54, 1.807) is 7.11 Å². The van der Waals surface area contributed by atoms with Gasteiger partial charge >= 0.3 is 0 Å². The average molecular weight is 419 g/mol. The molecule has 0 aliphatic rings. The summed E-state index contributed by atoms with van der Waals surface area (Å²) in [6.45, 7) is 0.960. The van der Waals surface area contributed by atoms with Gasteiger partial charge in [0.1, 0.15) is 0 Å². The number of hydrogen-bond acceptors (Lipinski definition) is 2. The number of hydrogen-bond donors (Lipinski definition) is 2. The van der Waals surface area contributed by atoms with Crippen LogP contribution in [-0.2, 0) is 11.3 Å². The SMILES string of the molecule is COCc1ccc(C(=O)NC[C@@H](c2ccccc2Cl)c2c[nH]c3ccccc23)cc1. The zero-order chi connectivity index (χ0) is 20.9. The van der Waals surface area contributed by atoms with Crippen LogP contribution in [0.15, 0.2) is 79.0 Å². The van der Waals surface area contributed by atoms with Crippen molar-refractivity contribution in [3.8, 4) is 0 Å². The minimum absolute atomic E-state index is 0.0773. The molecule has 0 aliphatic heterocycles. The molecule has 2 N–H and O–H groups in total. The topological polar surface area (TPSA) is 54.1 Å². The molecule has 0 fully saturated rings. The molecule has 0 saturated carbocycles. The van der Waals surface area contributed by atoms with Gasteiger partial charge in [-0.05, 0) is 41.0 Å². The Kier molecular flexibility index (Phi) is 6.17. The molecule has 1 amide bonds. The molecule has 4 rings (SSSR count). The highest BCUT2D eigenvalue weighted by Gasteiger charge is 2.21. The highest BCUT2D eigenvalue weighted by atomic mass is 35.5. The van der Waals surface area contributed by atoms with Gasteiger partial charge in [-0.15, -0.1) is 0 Å². The number of para-hydroxylation sites is 1. The van der Waals surface area contributed by atoms with Gasteiger partial charge in [-0.1, -0.05) is 60.1 Å². The standard InChI is InChI=1S/C25H23ClN2O2/c1-30-16-17-10-12-18(13-11-17)25(29)28-15-21(19-6-2-4-8-23(19)26)22-14-27-24-9-5-3-7-20(22)24/h2-14,21,27H,15-16H2,1H3,(H,28,29)/t21-/m0/s1. The molecule has 152 valence electrons. The van der Waals surface area contributed by atoms with Crippen molar-refractivity contribution in [1.29, 1.82) is 0 Å². The van der Waals surface area contributed by atoms with E-state index in [1.807, 2.05) is 72.9 Å². The van der Waals surface area contributed by atoms with Gasteiger partial charge in [0.15, 0.2) is 0 Å². The third-order valence-corrected chi connectivity index (χ3v) is 5.62. The van der Waals surface area contributed by atoms with Gasteiger partial charge in [-0.2, -0.15) is 0 Å². The first kappa shape index (κ1) is 20.2. The number of aromatic amines is 1. The molecule has 3 aromatic carbocycles. The molecule has 0 spiro atoms. The number of carbonyl (C=O) groups is 1.